The first-order chi connectivity index (χ1) is 11.0. The monoisotopic (exact) mass is 317 g/mol. The van der Waals surface area contributed by atoms with Crippen molar-refractivity contribution in [2.24, 2.45) is 0 Å². The van der Waals surface area contributed by atoms with Crippen LogP contribution < -0.4 is 5.19 Å². The van der Waals surface area contributed by atoms with Gasteiger partial charge in [0.25, 0.3) is 0 Å². The minimum absolute atomic E-state index is 0.975. The second-order valence-electron chi connectivity index (χ2n) is 7.01. The van der Waals surface area contributed by atoms with E-state index in [0.717, 1.165) is 12.1 Å². The molecule has 0 radical (unpaired) electrons. The van der Waals surface area contributed by atoms with Gasteiger partial charge in [0.2, 0.25) is 0 Å². The maximum absolute atomic E-state index is 4.75. The van der Waals surface area contributed by atoms with Crippen molar-refractivity contribution in [2.45, 2.75) is 26.1 Å². The van der Waals surface area contributed by atoms with Crippen LogP contribution in [0.5, 0.6) is 0 Å². The molecule has 3 rings (SSSR count). The highest BCUT2D eigenvalue weighted by atomic mass is 28.3. The summed E-state index contributed by atoms with van der Waals surface area (Å²) >= 11 is 0. The molecule has 3 aromatic rings. The van der Waals surface area contributed by atoms with Crippen LogP contribution in [0.2, 0.25) is 19.6 Å². The van der Waals surface area contributed by atoms with Crippen molar-refractivity contribution in [3.63, 3.8) is 0 Å². The SMILES string of the molecule is C[Si](C)(C)c1cnc(-c2ccccc2)cc1Cc1ccccc1. The van der Waals surface area contributed by atoms with Crippen molar-refractivity contribution < 1.29 is 0 Å². The molecule has 0 bridgehead atoms. The Balaban J connectivity index is 2.06. The zero-order valence-electron chi connectivity index (χ0n) is 14.1. The lowest BCUT2D eigenvalue weighted by molar-refractivity contribution is 1.18. The van der Waals surface area contributed by atoms with E-state index in [1.54, 1.807) is 0 Å². The number of hydrogen-bond acceptors (Lipinski definition) is 1. The van der Waals surface area contributed by atoms with E-state index < -0.39 is 8.07 Å². The summed E-state index contributed by atoms with van der Waals surface area (Å²) in [7, 11) is -1.42. The number of aromatic nitrogens is 1. The van der Waals surface area contributed by atoms with Gasteiger partial charge in [-0.3, -0.25) is 4.98 Å². The zero-order chi connectivity index (χ0) is 16.3. The molecule has 0 aliphatic heterocycles. The van der Waals surface area contributed by atoms with Gasteiger partial charge in [-0.25, -0.2) is 0 Å². The van der Waals surface area contributed by atoms with Crippen molar-refractivity contribution in [2.75, 3.05) is 0 Å². The van der Waals surface area contributed by atoms with E-state index in [9.17, 15) is 0 Å². The molecular weight excluding hydrogens is 294 g/mol. The Morgan fingerprint density at radius 2 is 1.43 bits per heavy atom. The minimum Gasteiger partial charge on any atom is -0.256 e. The highest BCUT2D eigenvalue weighted by Gasteiger charge is 2.21. The zero-order valence-corrected chi connectivity index (χ0v) is 15.1. The van der Waals surface area contributed by atoms with Crippen LogP contribution in [-0.4, -0.2) is 13.1 Å². The maximum Gasteiger partial charge on any atom is 0.0799 e. The second-order valence-corrected chi connectivity index (χ2v) is 12.0. The number of benzene rings is 2. The molecule has 2 heteroatoms. The van der Waals surface area contributed by atoms with Crippen LogP contribution in [0, 0.1) is 0 Å². The largest absolute Gasteiger partial charge is 0.256 e. The summed E-state index contributed by atoms with van der Waals surface area (Å²) in [6, 6.07) is 23.4. The van der Waals surface area contributed by atoms with Gasteiger partial charge in [-0.2, -0.15) is 0 Å². The molecule has 23 heavy (non-hydrogen) atoms. The van der Waals surface area contributed by atoms with E-state index in [0.29, 0.717) is 0 Å². The topological polar surface area (TPSA) is 12.9 Å². The summed E-state index contributed by atoms with van der Waals surface area (Å²) in [6.45, 7) is 7.17. The van der Waals surface area contributed by atoms with Crippen molar-refractivity contribution >= 4 is 13.3 Å². The summed E-state index contributed by atoms with van der Waals surface area (Å²) < 4.78 is 0. The quantitative estimate of drug-likeness (QED) is 0.625. The molecule has 0 aliphatic carbocycles. The van der Waals surface area contributed by atoms with Gasteiger partial charge < -0.3 is 0 Å². The first kappa shape index (κ1) is 15.7. The average molecular weight is 318 g/mol. The molecule has 0 saturated heterocycles. The van der Waals surface area contributed by atoms with E-state index in [-0.39, 0.29) is 0 Å². The lowest BCUT2D eigenvalue weighted by Crippen LogP contribution is -2.40. The molecule has 0 aliphatic rings. The number of hydrogen-bond donors (Lipinski definition) is 0. The second kappa shape index (κ2) is 6.51. The summed E-state index contributed by atoms with van der Waals surface area (Å²) in [5.41, 5.74) is 5.03. The van der Waals surface area contributed by atoms with Gasteiger partial charge >= 0.3 is 0 Å². The standard InChI is InChI=1S/C21H23NSi/c1-23(2,3)21-16-22-20(18-12-8-5-9-13-18)15-19(21)14-17-10-6-4-7-11-17/h4-13,15-16H,14H2,1-3H3. The highest BCUT2D eigenvalue weighted by molar-refractivity contribution is 6.89. The molecule has 0 N–H and O–H groups in total. The molecule has 0 amide bonds. The molecule has 116 valence electrons. The van der Waals surface area contributed by atoms with Crippen LogP contribution in [0.4, 0.5) is 0 Å². The smallest absolute Gasteiger partial charge is 0.0799 e. The first-order valence-electron chi connectivity index (χ1n) is 8.13. The van der Waals surface area contributed by atoms with Crippen LogP contribution in [0.15, 0.2) is 72.9 Å². The summed E-state index contributed by atoms with van der Waals surface area (Å²) in [5, 5.41) is 1.46. The third-order valence-electron chi connectivity index (χ3n) is 4.10. The number of rotatable bonds is 4. The van der Waals surface area contributed by atoms with Gasteiger partial charge in [-0.05, 0) is 28.8 Å². The Morgan fingerprint density at radius 1 is 0.826 bits per heavy atom. The summed E-state index contributed by atoms with van der Waals surface area (Å²) in [4.78, 5) is 4.75. The fourth-order valence-electron chi connectivity index (χ4n) is 2.90. The Bertz CT molecular complexity index is 774. The van der Waals surface area contributed by atoms with Crippen molar-refractivity contribution in [1.82, 2.24) is 4.98 Å². The van der Waals surface area contributed by atoms with Gasteiger partial charge in [0.05, 0.1) is 13.8 Å². The molecule has 0 saturated carbocycles. The van der Waals surface area contributed by atoms with Gasteiger partial charge in [0, 0.05) is 11.8 Å². The molecule has 0 fully saturated rings. The predicted molar refractivity (Wildman–Crippen MR) is 102 cm³/mol. The lowest BCUT2D eigenvalue weighted by atomic mass is 10.0. The third kappa shape index (κ3) is 3.77. The first-order valence-corrected chi connectivity index (χ1v) is 11.6. The lowest BCUT2D eigenvalue weighted by Gasteiger charge is -2.21. The average Bonchev–Trinajstić information content (AvgIpc) is 2.55. The van der Waals surface area contributed by atoms with E-state index in [4.69, 9.17) is 4.98 Å². The Morgan fingerprint density at radius 3 is 2.04 bits per heavy atom. The molecule has 1 heterocycles. The summed E-state index contributed by atoms with van der Waals surface area (Å²) in [6.07, 6.45) is 3.09. The fraction of sp³-hybridized carbons (Fsp3) is 0.190. The van der Waals surface area contributed by atoms with E-state index in [1.807, 2.05) is 6.07 Å². The fourth-order valence-corrected chi connectivity index (χ4v) is 4.48. The Labute approximate surface area is 140 Å². The molecular formula is C21H23NSi. The van der Waals surface area contributed by atoms with Crippen molar-refractivity contribution in [1.29, 1.82) is 0 Å². The van der Waals surface area contributed by atoms with Crippen LogP contribution in [0.25, 0.3) is 11.3 Å². The van der Waals surface area contributed by atoms with Crippen molar-refractivity contribution in [3.8, 4) is 11.3 Å². The maximum atomic E-state index is 4.75. The van der Waals surface area contributed by atoms with Crippen LogP contribution in [-0.2, 0) is 6.42 Å². The minimum atomic E-state index is -1.42. The number of pyridine rings is 1. The highest BCUT2D eigenvalue weighted by Crippen LogP contribution is 2.20. The van der Waals surface area contributed by atoms with Crippen LogP contribution in [0.3, 0.4) is 0 Å². The normalized spacial score (nSPS) is 11.4. The molecule has 0 atom stereocenters. The molecule has 2 aromatic carbocycles. The van der Waals surface area contributed by atoms with E-state index >= 15 is 0 Å². The van der Waals surface area contributed by atoms with E-state index in [2.05, 4.69) is 86.5 Å². The molecule has 1 nitrogen and oxygen atoms in total. The predicted octanol–water partition coefficient (Wildman–Crippen LogP) is 4.88. The molecule has 0 spiro atoms. The Hall–Kier alpha value is -2.19. The molecule has 1 aromatic heterocycles. The molecule has 0 unspecified atom stereocenters. The number of nitrogens with zero attached hydrogens (tertiary/aromatic N) is 1. The Kier molecular flexibility index (Phi) is 4.44. The van der Waals surface area contributed by atoms with Gasteiger partial charge in [0.15, 0.2) is 0 Å². The van der Waals surface area contributed by atoms with Gasteiger partial charge in [0.1, 0.15) is 0 Å². The van der Waals surface area contributed by atoms with Gasteiger partial charge in [-0.1, -0.05) is 80.3 Å². The van der Waals surface area contributed by atoms with Gasteiger partial charge in [-0.15, -0.1) is 0 Å². The summed E-state index contributed by atoms with van der Waals surface area (Å²) in [5.74, 6) is 0. The van der Waals surface area contributed by atoms with Crippen LogP contribution in [0.1, 0.15) is 11.1 Å². The van der Waals surface area contributed by atoms with Crippen molar-refractivity contribution in [3.05, 3.63) is 84.1 Å². The van der Waals surface area contributed by atoms with E-state index in [1.165, 1.54) is 21.9 Å². The third-order valence-corrected chi connectivity index (χ3v) is 6.17. The van der Waals surface area contributed by atoms with Crippen LogP contribution >= 0.6 is 0 Å².